The van der Waals surface area contributed by atoms with Crippen LogP contribution >= 0.6 is 0 Å². The molecule has 1 atom stereocenters. The molecule has 0 bridgehead atoms. The Labute approximate surface area is 149 Å². The van der Waals surface area contributed by atoms with E-state index in [2.05, 4.69) is 20.8 Å². The molecule has 0 aliphatic carbocycles. The molecule has 0 saturated heterocycles. The number of unbranched alkanes of at least 4 members (excludes halogenated alkanes) is 16. The summed E-state index contributed by atoms with van der Waals surface area (Å²) in [5, 5.41) is 0. The summed E-state index contributed by atoms with van der Waals surface area (Å²) in [6.45, 7) is 8.61. The Kier molecular flexibility index (Phi) is 20.0. The van der Waals surface area contributed by atoms with E-state index in [-0.39, 0.29) is 0 Å². The molecule has 0 spiro atoms. The van der Waals surface area contributed by atoms with Crippen molar-refractivity contribution >= 4 is 0 Å². The zero-order valence-electron chi connectivity index (χ0n) is 16.7. The molecule has 0 heteroatoms. The quantitative estimate of drug-likeness (QED) is 0.208. The van der Waals surface area contributed by atoms with Gasteiger partial charge in [-0.25, -0.2) is 0 Å². The maximum atomic E-state index is 3.90. The minimum atomic E-state index is 0.948. The summed E-state index contributed by atoms with van der Waals surface area (Å²) in [6, 6.07) is 0. The first-order valence-corrected chi connectivity index (χ1v) is 11.1. The fourth-order valence-corrected chi connectivity index (χ4v) is 3.35. The second-order valence-electron chi connectivity index (χ2n) is 7.81. The molecule has 0 aromatic carbocycles. The first-order chi connectivity index (χ1) is 11.3. The second kappa shape index (κ2) is 20.0. The Morgan fingerprint density at radius 1 is 0.522 bits per heavy atom. The predicted octanol–water partition coefficient (Wildman–Crippen LogP) is 8.89. The van der Waals surface area contributed by atoms with Crippen LogP contribution in [0.1, 0.15) is 136 Å². The number of rotatable bonds is 19. The summed E-state index contributed by atoms with van der Waals surface area (Å²) in [7, 11) is 0. The zero-order chi connectivity index (χ0) is 17.0. The Bertz CT molecular complexity index is 196. The predicted molar refractivity (Wildman–Crippen MR) is 108 cm³/mol. The van der Waals surface area contributed by atoms with Crippen LogP contribution < -0.4 is 0 Å². The molecule has 0 heterocycles. The molecule has 0 N–H and O–H groups in total. The highest BCUT2D eigenvalue weighted by Crippen LogP contribution is 2.16. The van der Waals surface area contributed by atoms with Crippen LogP contribution in [0.15, 0.2) is 0 Å². The van der Waals surface area contributed by atoms with E-state index in [4.69, 9.17) is 0 Å². The van der Waals surface area contributed by atoms with Crippen molar-refractivity contribution in [2.45, 2.75) is 136 Å². The summed E-state index contributed by atoms with van der Waals surface area (Å²) in [6.07, 6.45) is 27.3. The lowest BCUT2D eigenvalue weighted by Gasteiger charge is -2.07. The van der Waals surface area contributed by atoms with Crippen LogP contribution in [0.4, 0.5) is 0 Å². The Balaban J connectivity index is 2.97. The van der Waals surface area contributed by atoms with Crippen LogP contribution in [0.2, 0.25) is 0 Å². The van der Waals surface area contributed by atoms with Crippen LogP contribution in [0.3, 0.4) is 0 Å². The summed E-state index contributed by atoms with van der Waals surface area (Å²) >= 11 is 0. The lowest BCUT2D eigenvalue weighted by atomic mass is 9.99. The largest absolute Gasteiger partial charge is 0.0651 e. The maximum Gasteiger partial charge on any atom is -0.0445 e. The third-order valence-electron chi connectivity index (χ3n) is 5.39. The Hall–Kier alpha value is 0. The van der Waals surface area contributed by atoms with E-state index in [0.717, 1.165) is 12.3 Å². The van der Waals surface area contributed by atoms with Crippen molar-refractivity contribution in [3.8, 4) is 0 Å². The SMILES string of the molecule is [CH2]CCCCCCCCCCCCCCCCCCC(C)CC. The molecular formula is C23H47. The number of hydrogen-bond acceptors (Lipinski definition) is 0. The lowest BCUT2D eigenvalue weighted by molar-refractivity contribution is 0.468. The standard InChI is InChI=1S/C23H47/c1-4-6-7-8-9-10-11-12-13-14-15-16-17-18-19-20-21-22-23(3)5-2/h23H,1,4-22H2,2-3H3. The topological polar surface area (TPSA) is 0 Å². The maximum absolute atomic E-state index is 3.90. The first-order valence-electron chi connectivity index (χ1n) is 11.1. The summed E-state index contributed by atoms with van der Waals surface area (Å²) < 4.78 is 0. The minimum Gasteiger partial charge on any atom is -0.0651 e. The highest BCUT2D eigenvalue weighted by atomic mass is 14.0. The molecule has 1 unspecified atom stereocenters. The normalized spacial score (nSPS) is 12.7. The van der Waals surface area contributed by atoms with Gasteiger partial charge >= 0.3 is 0 Å². The lowest BCUT2D eigenvalue weighted by Crippen LogP contribution is -1.91. The van der Waals surface area contributed by atoms with Gasteiger partial charge in [0.2, 0.25) is 0 Å². The monoisotopic (exact) mass is 323 g/mol. The van der Waals surface area contributed by atoms with Gasteiger partial charge in [0.05, 0.1) is 0 Å². The van der Waals surface area contributed by atoms with Crippen molar-refractivity contribution in [2.75, 3.05) is 0 Å². The molecule has 0 aliphatic heterocycles. The molecule has 139 valence electrons. The highest BCUT2D eigenvalue weighted by Gasteiger charge is 1.98. The third kappa shape index (κ3) is 20.0. The first kappa shape index (κ1) is 23.0. The van der Waals surface area contributed by atoms with E-state index in [0.29, 0.717) is 0 Å². The summed E-state index contributed by atoms with van der Waals surface area (Å²) in [5.41, 5.74) is 0. The van der Waals surface area contributed by atoms with Gasteiger partial charge < -0.3 is 0 Å². The van der Waals surface area contributed by atoms with Crippen molar-refractivity contribution in [3.05, 3.63) is 6.92 Å². The fourth-order valence-electron chi connectivity index (χ4n) is 3.35. The van der Waals surface area contributed by atoms with Crippen molar-refractivity contribution in [2.24, 2.45) is 5.92 Å². The third-order valence-corrected chi connectivity index (χ3v) is 5.39. The van der Waals surface area contributed by atoms with Gasteiger partial charge in [0.25, 0.3) is 0 Å². The molecular weight excluding hydrogens is 276 g/mol. The van der Waals surface area contributed by atoms with Crippen molar-refractivity contribution in [3.63, 3.8) is 0 Å². The summed E-state index contributed by atoms with van der Waals surface area (Å²) in [4.78, 5) is 0. The second-order valence-corrected chi connectivity index (χ2v) is 7.81. The Morgan fingerprint density at radius 2 is 0.826 bits per heavy atom. The molecule has 0 amide bonds. The van der Waals surface area contributed by atoms with E-state index in [9.17, 15) is 0 Å². The van der Waals surface area contributed by atoms with Crippen LogP contribution in [-0.2, 0) is 0 Å². The molecule has 0 rings (SSSR count). The van der Waals surface area contributed by atoms with E-state index in [1.165, 1.54) is 116 Å². The van der Waals surface area contributed by atoms with Crippen molar-refractivity contribution in [1.29, 1.82) is 0 Å². The van der Waals surface area contributed by atoms with Gasteiger partial charge in [0, 0.05) is 0 Å². The van der Waals surface area contributed by atoms with Gasteiger partial charge in [0.15, 0.2) is 0 Å². The van der Waals surface area contributed by atoms with E-state index >= 15 is 0 Å². The molecule has 23 heavy (non-hydrogen) atoms. The van der Waals surface area contributed by atoms with Gasteiger partial charge in [-0.3, -0.25) is 0 Å². The van der Waals surface area contributed by atoms with Crippen LogP contribution in [0, 0.1) is 12.8 Å². The van der Waals surface area contributed by atoms with E-state index in [1.807, 2.05) is 0 Å². The van der Waals surface area contributed by atoms with Crippen LogP contribution in [0.25, 0.3) is 0 Å². The van der Waals surface area contributed by atoms with Gasteiger partial charge in [-0.1, -0.05) is 143 Å². The average molecular weight is 324 g/mol. The Morgan fingerprint density at radius 3 is 1.13 bits per heavy atom. The highest BCUT2D eigenvalue weighted by molar-refractivity contribution is 4.53. The van der Waals surface area contributed by atoms with Gasteiger partial charge in [-0.15, -0.1) is 0 Å². The molecule has 0 fully saturated rings. The smallest absolute Gasteiger partial charge is 0.0445 e. The van der Waals surface area contributed by atoms with Crippen molar-refractivity contribution in [1.82, 2.24) is 0 Å². The molecule has 0 nitrogen and oxygen atoms in total. The molecule has 0 saturated carbocycles. The van der Waals surface area contributed by atoms with Crippen molar-refractivity contribution < 1.29 is 0 Å². The zero-order valence-corrected chi connectivity index (χ0v) is 16.7. The molecule has 0 aromatic heterocycles. The van der Waals surface area contributed by atoms with Gasteiger partial charge in [-0.2, -0.15) is 0 Å². The van der Waals surface area contributed by atoms with E-state index < -0.39 is 0 Å². The van der Waals surface area contributed by atoms with E-state index in [1.54, 1.807) is 0 Å². The minimum absolute atomic E-state index is 0.948. The van der Waals surface area contributed by atoms with Crippen LogP contribution in [-0.4, -0.2) is 0 Å². The molecule has 0 aromatic rings. The fraction of sp³-hybridized carbons (Fsp3) is 0.957. The van der Waals surface area contributed by atoms with Crippen LogP contribution in [0.5, 0.6) is 0 Å². The average Bonchev–Trinajstić information content (AvgIpc) is 2.57. The van der Waals surface area contributed by atoms with Gasteiger partial charge in [-0.05, 0) is 5.92 Å². The number of hydrogen-bond donors (Lipinski definition) is 0. The summed E-state index contributed by atoms with van der Waals surface area (Å²) in [5.74, 6) is 0.948. The molecule has 1 radical (unpaired) electrons. The molecule has 0 aliphatic rings. The van der Waals surface area contributed by atoms with Gasteiger partial charge in [0.1, 0.15) is 0 Å².